The van der Waals surface area contributed by atoms with Crippen molar-refractivity contribution in [3.05, 3.63) is 65.0 Å². The normalized spacial score (nSPS) is 10.8. The third-order valence-corrected chi connectivity index (χ3v) is 2.86. The highest BCUT2D eigenvalue weighted by Gasteiger charge is 2.00. The number of hydrogen-bond donors (Lipinski definition) is 2. The van der Waals surface area contributed by atoms with Crippen LogP contribution in [0.1, 0.15) is 11.3 Å². The summed E-state index contributed by atoms with van der Waals surface area (Å²) in [5.41, 5.74) is 3.49. The first-order chi connectivity index (χ1) is 9.19. The maximum atomic E-state index is 10.9. The predicted molar refractivity (Wildman–Crippen MR) is 73.9 cm³/mol. The van der Waals surface area contributed by atoms with Gasteiger partial charge in [0.05, 0.1) is 0 Å². The van der Waals surface area contributed by atoms with Gasteiger partial charge in [0.25, 0.3) is 5.91 Å². The molecule has 2 N–H and O–H groups in total. The average Bonchev–Trinajstić information content (AvgIpc) is 2.83. The van der Waals surface area contributed by atoms with Gasteiger partial charge in [0.15, 0.2) is 0 Å². The molecule has 0 radical (unpaired) electrons. The molecule has 0 fully saturated rings. The van der Waals surface area contributed by atoms with E-state index < -0.39 is 5.91 Å². The van der Waals surface area contributed by atoms with E-state index in [0.717, 1.165) is 11.3 Å². The van der Waals surface area contributed by atoms with Crippen LogP contribution in [0.25, 0.3) is 6.08 Å². The second-order valence-electron chi connectivity index (χ2n) is 4.00. The number of hydroxylamine groups is 1. The maximum absolute atomic E-state index is 10.9. The van der Waals surface area contributed by atoms with Gasteiger partial charge in [-0.3, -0.25) is 10.0 Å². The number of halogens is 1. The van der Waals surface area contributed by atoms with E-state index in [1.165, 1.54) is 6.08 Å². The van der Waals surface area contributed by atoms with Crippen molar-refractivity contribution in [1.29, 1.82) is 0 Å². The smallest absolute Gasteiger partial charge is 0.267 e. The molecular weight excluding hydrogens is 264 g/mol. The van der Waals surface area contributed by atoms with Gasteiger partial charge in [-0.2, -0.15) is 0 Å². The third-order valence-electron chi connectivity index (χ3n) is 2.62. The molecular formula is C14H13ClN2O2. The lowest BCUT2D eigenvalue weighted by Gasteiger charge is -2.07. The number of hydrogen-bond acceptors (Lipinski definition) is 2. The van der Waals surface area contributed by atoms with Crippen molar-refractivity contribution in [3.63, 3.8) is 0 Å². The zero-order valence-corrected chi connectivity index (χ0v) is 10.8. The van der Waals surface area contributed by atoms with E-state index in [1.54, 1.807) is 11.6 Å². The quantitative estimate of drug-likeness (QED) is 0.512. The van der Waals surface area contributed by atoms with Gasteiger partial charge in [-0.1, -0.05) is 23.7 Å². The zero-order chi connectivity index (χ0) is 13.7. The maximum Gasteiger partial charge on any atom is 0.267 e. The van der Waals surface area contributed by atoms with E-state index in [-0.39, 0.29) is 0 Å². The molecule has 2 aromatic rings. The zero-order valence-electron chi connectivity index (χ0n) is 10.1. The number of amides is 1. The van der Waals surface area contributed by atoms with E-state index in [2.05, 4.69) is 0 Å². The van der Waals surface area contributed by atoms with Crippen molar-refractivity contribution >= 4 is 23.6 Å². The molecule has 1 heterocycles. The summed E-state index contributed by atoms with van der Waals surface area (Å²) in [4.78, 5) is 10.9. The highest BCUT2D eigenvalue weighted by atomic mass is 35.5. The van der Waals surface area contributed by atoms with Gasteiger partial charge < -0.3 is 4.57 Å². The number of aromatic nitrogens is 1. The summed E-state index contributed by atoms with van der Waals surface area (Å²) in [6.45, 7) is 0.661. The Kier molecular flexibility index (Phi) is 4.39. The van der Waals surface area contributed by atoms with Crippen molar-refractivity contribution in [2.45, 2.75) is 6.54 Å². The first kappa shape index (κ1) is 13.4. The minimum atomic E-state index is -0.560. The van der Waals surface area contributed by atoms with E-state index >= 15 is 0 Å². The van der Waals surface area contributed by atoms with Gasteiger partial charge >= 0.3 is 0 Å². The van der Waals surface area contributed by atoms with Crippen molar-refractivity contribution in [2.75, 3.05) is 0 Å². The summed E-state index contributed by atoms with van der Waals surface area (Å²) in [5.74, 6) is -0.560. The third kappa shape index (κ3) is 3.71. The molecule has 4 nitrogen and oxygen atoms in total. The fourth-order valence-electron chi connectivity index (χ4n) is 1.75. The summed E-state index contributed by atoms with van der Waals surface area (Å²) in [5, 5.41) is 9.12. The molecule has 0 spiro atoms. The summed E-state index contributed by atoms with van der Waals surface area (Å²) >= 11 is 5.94. The first-order valence-corrected chi connectivity index (χ1v) is 6.08. The van der Waals surface area contributed by atoms with E-state index in [0.29, 0.717) is 11.6 Å². The molecule has 2 rings (SSSR count). The first-order valence-electron chi connectivity index (χ1n) is 5.71. The second-order valence-corrected chi connectivity index (χ2v) is 4.44. The monoisotopic (exact) mass is 276 g/mol. The van der Waals surface area contributed by atoms with Gasteiger partial charge in [0, 0.05) is 29.5 Å². The Bertz CT molecular complexity index is 605. The van der Waals surface area contributed by atoms with Crippen LogP contribution in [0.4, 0.5) is 0 Å². The van der Waals surface area contributed by atoms with Crippen LogP contribution < -0.4 is 5.48 Å². The van der Waals surface area contributed by atoms with Crippen LogP contribution >= 0.6 is 11.6 Å². The molecule has 19 heavy (non-hydrogen) atoms. The van der Waals surface area contributed by atoms with E-state index in [1.807, 2.05) is 47.2 Å². The van der Waals surface area contributed by atoms with Gasteiger partial charge in [0.1, 0.15) is 0 Å². The summed E-state index contributed by atoms with van der Waals surface area (Å²) in [6.07, 6.45) is 4.82. The standard InChI is InChI=1S/C14H13ClN2O2/c15-12-4-1-3-11(9-12)10-17-8-2-5-13(17)6-7-14(18)16-19/h1-9,19H,10H2,(H,16,18). The number of rotatable bonds is 4. The minimum absolute atomic E-state index is 0.560. The Balaban J connectivity index is 2.16. The van der Waals surface area contributed by atoms with Crippen LogP contribution in [0.3, 0.4) is 0 Å². The Morgan fingerprint density at radius 3 is 2.95 bits per heavy atom. The Morgan fingerprint density at radius 2 is 2.21 bits per heavy atom. The average molecular weight is 277 g/mol. The van der Waals surface area contributed by atoms with Crippen LogP contribution in [0.5, 0.6) is 0 Å². The Morgan fingerprint density at radius 1 is 1.37 bits per heavy atom. The van der Waals surface area contributed by atoms with Crippen LogP contribution in [-0.2, 0) is 11.3 Å². The Labute approximate surface area is 115 Å². The van der Waals surface area contributed by atoms with Crippen LogP contribution in [0.15, 0.2) is 48.7 Å². The molecule has 5 heteroatoms. The summed E-state index contributed by atoms with van der Waals surface area (Å²) in [7, 11) is 0. The predicted octanol–water partition coefficient (Wildman–Crippen LogP) is 2.71. The highest BCUT2D eigenvalue weighted by Crippen LogP contribution is 2.14. The number of carbonyl (C=O) groups excluding carboxylic acids is 1. The van der Waals surface area contributed by atoms with Crippen LogP contribution in [0.2, 0.25) is 5.02 Å². The summed E-state index contributed by atoms with van der Waals surface area (Å²) in [6, 6.07) is 11.4. The van der Waals surface area contributed by atoms with Crippen LogP contribution in [-0.4, -0.2) is 15.7 Å². The van der Waals surface area contributed by atoms with Crippen molar-refractivity contribution < 1.29 is 10.0 Å². The lowest BCUT2D eigenvalue weighted by molar-refractivity contribution is -0.124. The Hall–Kier alpha value is -2.04. The number of carbonyl (C=O) groups is 1. The summed E-state index contributed by atoms with van der Waals surface area (Å²) < 4.78 is 1.98. The molecule has 0 bridgehead atoms. The number of nitrogens with one attached hydrogen (secondary N) is 1. The largest absolute Gasteiger partial charge is 0.344 e. The van der Waals surface area contributed by atoms with E-state index in [4.69, 9.17) is 16.8 Å². The van der Waals surface area contributed by atoms with Crippen molar-refractivity contribution in [3.8, 4) is 0 Å². The molecule has 0 saturated heterocycles. The SMILES string of the molecule is O=C(C=Cc1cccn1Cc1cccc(Cl)c1)NO. The van der Waals surface area contributed by atoms with Gasteiger partial charge in [-0.15, -0.1) is 0 Å². The number of nitrogens with zero attached hydrogens (tertiary/aromatic N) is 1. The molecule has 98 valence electrons. The van der Waals surface area contributed by atoms with Gasteiger partial charge in [-0.05, 0) is 35.9 Å². The molecule has 0 saturated carbocycles. The van der Waals surface area contributed by atoms with Crippen molar-refractivity contribution in [1.82, 2.24) is 10.0 Å². The van der Waals surface area contributed by atoms with Crippen molar-refractivity contribution in [2.24, 2.45) is 0 Å². The van der Waals surface area contributed by atoms with Gasteiger partial charge in [0.2, 0.25) is 0 Å². The molecule has 0 aliphatic rings. The fraction of sp³-hybridized carbons (Fsp3) is 0.0714. The highest BCUT2D eigenvalue weighted by molar-refractivity contribution is 6.30. The molecule has 0 aliphatic carbocycles. The number of benzene rings is 1. The lowest BCUT2D eigenvalue weighted by Crippen LogP contribution is -2.15. The minimum Gasteiger partial charge on any atom is -0.344 e. The fourth-order valence-corrected chi connectivity index (χ4v) is 1.97. The second kappa shape index (κ2) is 6.22. The van der Waals surface area contributed by atoms with Crippen LogP contribution in [0, 0.1) is 0 Å². The molecule has 0 aliphatic heterocycles. The lowest BCUT2D eigenvalue weighted by atomic mass is 10.2. The molecule has 1 amide bonds. The molecule has 0 unspecified atom stereocenters. The molecule has 0 atom stereocenters. The van der Waals surface area contributed by atoms with Gasteiger partial charge in [-0.25, -0.2) is 5.48 Å². The topological polar surface area (TPSA) is 54.3 Å². The van der Waals surface area contributed by atoms with E-state index in [9.17, 15) is 4.79 Å². The molecule has 1 aromatic carbocycles. The molecule has 1 aromatic heterocycles.